The summed E-state index contributed by atoms with van der Waals surface area (Å²) in [6, 6.07) is 8.72. The third-order valence-corrected chi connectivity index (χ3v) is 4.51. The average molecular weight is 296 g/mol. The van der Waals surface area contributed by atoms with Gasteiger partial charge in [-0.3, -0.25) is 0 Å². The van der Waals surface area contributed by atoms with E-state index < -0.39 is 0 Å². The van der Waals surface area contributed by atoms with Crippen LogP contribution >= 0.6 is 0 Å². The summed E-state index contributed by atoms with van der Waals surface area (Å²) in [4.78, 5) is 11.9. The Bertz CT molecular complexity index is 656. The zero-order chi connectivity index (χ0) is 15.7. The lowest BCUT2D eigenvalue weighted by atomic mass is 10.1. The van der Waals surface area contributed by atoms with Gasteiger partial charge in [-0.1, -0.05) is 29.8 Å². The molecule has 2 aromatic rings. The Kier molecular flexibility index (Phi) is 4.12. The number of rotatable bonds is 2. The minimum atomic E-state index is 0.330. The van der Waals surface area contributed by atoms with Gasteiger partial charge in [0.2, 0.25) is 0 Å². The predicted molar refractivity (Wildman–Crippen MR) is 91.1 cm³/mol. The number of nitrogens with two attached hydrogens (primary N) is 1. The number of aromatic nitrogens is 2. The van der Waals surface area contributed by atoms with Gasteiger partial charge in [0.15, 0.2) is 5.82 Å². The third-order valence-electron chi connectivity index (χ3n) is 4.51. The first-order chi connectivity index (χ1) is 10.5. The van der Waals surface area contributed by atoms with E-state index in [1.165, 1.54) is 11.1 Å². The van der Waals surface area contributed by atoms with Crippen LogP contribution in [0.4, 0.5) is 5.82 Å². The molecule has 1 aromatic carbocycles. The van der Waals surface area contributed by atoms with Crippen molar-refractivity contribution < 1.29 is 0 Å². The fraction of sp³-hybridized carbons (Fsp3) is 0.444. The number of piperidine rings is 1. The molecule has 0 radical (unpaired) electrons. The zero-order valence-corrected chi connectivity index (χ0v) is 13.6. The number of nitrogens with zero attached hydrogens (tertiary/aromatic N) is 3. The molecule has 4 nitrogen and oxygen atoms in total. The molecule has 1 aliphatic heterocycles. The molecule has 22 heavy (non-hydrogen) atoms. The highest BCUT2D eigenvalue weighted by atomic mass is 15.2. The van der Waals surface area contributed by atoms with E-state index in [1.807, 2.05) is 0 Å². The summed E-state index contributed by atoms with van der Waals surface area (Å²) in [6.45, 7) is 8.22. The van der Waals surface area contributed by atoms with Gasteiger partial charge >= 0.3 is 0 Å². The quantitative estimate of drug-likeness (QED) is 0.925. The van der Waals surface area contributed by atoms with Crippen molar-refractivity contribution in [3.05, 3.63) is 41.1 Å². The van der Waals surface area contributed by atoms with Crippen LogP contribution in [0.1, 0.15) is 29.7 Å². The Hall–Kier alpha value is -1.94. The molecule has 0 aliphatic carbocycles. The minimum absolute atomic E-state index is 0.330. The van der Waals surface area contributed by atoms with Gasteiger partial charge in [0.25, 0.3) is 0 Å². The maximum absolute atomic E-state index is 6.02. The van der Waals surface area contributed by atoms with Crippen LogP contribution in [-0.4, -0.2) is 29.1 Å². The van der Waals surface area contributed by atoms with Crippen molar-refractivity contribution in [1.29, 1.82) is 0 Å². The maximum atomic E-state index is 6.02. The summed E-state index contributed by atoms with van der Waals surface area (Å²) in [5, 5.41) is 0. The lowest BCUT2D eigenvalue weighted by Crippen LogP contribution is -2.40. The first-order valence-corrected chi connectivity index (χ1v) is 7.97. The lowest BCUT2D eigenvalue weighted by molar-refractivity contribution is 0.498. The topological polar surface area (TPSA) is 55.0 Å². The summed E-state index contributed by atoms with van der Waals surface area (Å²) < 4.78 is 0. The molecule has 1 aromatic heterocycles. The molecule has 2 N–H and O–H groups in total. The molecular formula is C18H24N4. The molecule has 116 valence electrons. The summed E-state index contributed by atoms with van der Waals surface area (Å²) in [6.07, 6.45) is 2.06. The minimum Gasteiger partial charge on any atom is -0.356 e. The van der Waals surface area contributed by atoms with Crippen molar-refractivity contribution in [2.75, 3.05) is 18.0 Å². The van der Waals surface area contributed by atoms with Gasteiger partial charge in [-0.15, -0.1) is 0 Å². The predicted octanol–water partition coefficient (Wildman–Crippen LogP) is 3.00. The van der Waals surface area contributed by atoms with Crippen molar-refractivity contribution in [3.63, 3.8) is 0 Å². The van der Waals surface area contributed by atoms with E-state index in [2.05, 4.69) is 54.9 Å². The standard InChI is InChI=1S/C18H24N4/c1-12-4-6-15(7-5-12)17-20-14(3)13(2)18(21-17)22-10-8-16(19)9-11-22/h4-7,16H,8-11,19H2,1-3H3. The van der Waals surface area contributed by atoms with Gasteiger partial charge in [0.05, 0.1) is 0 Å². The molecule has 3 rings (SSSR count). The monoisotopic (exact) mass is 296 g/mol. The normalized spacial score (nSPS) is 16.1. The van der Waals surface area contributed by atoms with Gasteiger partial charge in [0, 0.05) is 36.0 Å². The number of hydrogen-bond donors (Lipinski definition) is 1. The molecule has 1 fully saturated rings. The summed E-state index contributed by atoms with van der Waals surface area (Å²) in [7, 11) is 0. The Balaban J connectivity index is 1.98. The SMILES string of the molecule is Cc1ccc(-c2nc(C)c(C)c(N3CCC(N)CC3)n2)cc1. The highest BCUT2D eigenvalue weighted by Gasteiger charge is 2.20. The Labute approximate surface area is 132 Å². The smallest absolute Gasteiger partial charge is 0.161 e. The molecule has 0 amide bonds. The van der Waals surface area contributed by atoms with Crippen LogP contribution in [0, 0.1) is 20.8 Å². The number of aryl methyl sites for hydroxylation is 2. The number of hydrogen-bond acceptors (Lipinski definition) is 4. The van der Waals surface area contributed by atoms with E-state index in [1.54, 1.807) is 0 Å². The van der Waals surface area contributed by atoms with Gasteiger partial charge in [-0.05, 0) is 33.6 Å². The second kappa shape index (κ2) is 6.05. The highest BCUT2D eigenvalue weighted by molar-refractivity contribution is 5.60. The van der Waals surface area contributed by atoms with E-state index in [9.17, 15) is 0 Å². The van der Waals surface area contributed by atoms with Crippen LogP contribution in [0.5, 0.6) is 0 Å². The van der Waals surface area contributed by atoms with Gasteiger partial charge in [-0.2, -0.15) is 0 Å². The fourth-order valence-corrected chi connectivity index (χ4v) is 2.86. The first-order valence-electron chi connectivity index (χ1n) is 7.97. The van der Waals surface area contributed by atoms with Gasteiger partial charge < -0.3 is 10.6 Å². The number of anilines is 1. The summed E-state index contributed by atoms with van der Waals surface area (Å²) in [5.74, 6) is 1.88. The Morgan fingerprint density at radius 3 is 2.27 bits per heavy atom. The second-order valence-corrected chi connectivity index (χ2v) is 6.27. The molecule has 4 heteroatoms. The molecule has 1 aliphatic rings. The van der Waals surface area contributed by atoms with Crippen LogP contribution < -0.4 is 10.6 Å². The maximum Gasteiger partial charge on any atom is 0.161 e. The lowest BCUT2D eigenvalue weighted by Gasteiger charge is -2.32. The van der Waals surface area contributed by atoms with Crippen molar-refractivity contribution in [3.8, 4) is 11.4 Å². The molecule has 0 saturated carbocycles. The molecular weight excluding hydrogens is 272 g/mol. The first kappa shape index (κ1) is 15.0. The van der Waals surface area contributed by atoms with Gasteiger partial charge in [-0.25, -0.2) is 9.97 Å². The van der Waals surface area contributed by atoms with Crippen LogP contribution in [-0.2, 0) is 0 Å². The largest absolute Gasteiger partial charge is 0.356 e. The molecule has 2 heterocycles. The molecule has 0 bridgehead atoms. The third kappa shape index (κ3) is 2.97. The van der Waals surface area contributed by atoms with Crippen molar-refractivity contribution >= 4 is 5.82 Å². The van der Waals surface area contributed by atoms with E-state index in [4.69, 9.17) is 10.7 Å². The van der Waals surface area contributed by atoms with Crippen LogP contribution in [0.2, 0.25) is 0 Å². The molecule has 0 unspecified atom stereocenters. The van der Waals surface area contributed by atoms with E-state index in [0.29, 0.717) is 6.04 Å². The van der Waals surface area contributed by atoms with Crippen LogP contribution in [0.25, 0.3) is 11.4 Å². The molecule has 0 atom stereocenters. The van der Waals surface area contributed by atoms with Crippen molar-refractivity contribution in [1.82, 2.24) is 9.97 Å². The van der Waals surface area contributed by atoms with E-state index >= 15 is 0 Å². The zero-order valence-electron chi connectivity index (χ0n) is 13.6. The number of benzene rings is 1. The Morgan fingerprint density at radius 1 is 1.00 bits per heavy atom. The van der Waals surface area contributed by atoms with Crippen molar-refractivity contribution in [2.24, 2.45) is 5.73 Å². The van der Waals surface area contributed by atoms with E-state index in [0.717, 1.165) is 48.8 Å². The average Bonchev–Trinajstić information content (AvgIpc) is 2.52. The van der Waals surface area contributed by atoms with Crippen molar-refractivity contribution in [2.45, 2.75) is 39.7 Å². The van der Waals surface area contributed by atoms with E-state index in [-0.39, 0.29) is 0 Å². The van der Waals surface area contributed by atoms with Gasteiger partial charge in [0.1, 0.15) is 5.82 Å². The second-order valence-electron chi connectivity index (χ2n) is 6.27. The van der Waals surface area contributed by atoms with Crippen LogP contribution in [0.3, 0.4) is 0 Å². The van der Waals surface area contributed by atoms with Crippen LogP contribution in [0.15, 0.2) is 24.3 Å². The summed E-state index contributed by atoms with van der Waals surface area (Å²) >= 11 is 0. The molecule has 1 saturated heterocycles. The summed E-state index contributed by atoms with van der Waals surface area (Å²) in [5.41, 5.74) is 10.6. The molecule has 0 spiro atoms. The Morgan fingerprint density at radius 2 is 1.64 bits per heavy atom. The highest BCUT2D eigenvalue weighted by Crippen LogP contribution is 2.26. The fourth-order valence-electron chi connectivity index (χ4n) is 2.86.